The Bertz CT molecular complexity index is 1270. The van der Waals surface area contributed by atoms with Gasteiger partial charge in [-0.05, 0) is 61.2 Å². The summed E-state index contributed by atoms with van der Waals surface area (Å²) in [5, 5.41) is 5.74. The highest BCUT2D eigenvalue weighted by atomic mass is 32.1. The predicted molar refractivity (Wildman–Crippen MR) is 134 cm³/mol. The molecule has 10 heteroatoms. The van der Waals surface area contributed by atoms with Gasteiger partial charge in [-0.25, -0.2) is 9.78 Å². The average Bonchev–Trinajstić information content (AvgIpc) is 3.29. The normalized spacial score (nSPS) is 16.4. The van der Waals surface area contributed by atoms with Crippen molar-refractivity contribution in [2.24, 2.45) is 0 Å². The van der Waals surface area contributed by atoms with Gasteiger partial charge < -0.3 is 25.2 Å². The highest BCUT2D eigenvalue weighted by Crippen LogP contribution is 2.27. The van der Waals surface area contributed by atoms with E-state index in [0.717, 1.165) is 33.6 Å². The first kappa shape index (κ1) is 23.1. The highest BCUT2D eigenvalue weighted by molar-refractivity contribution is 7.16. The second kappa shape index (κ2) is 9.91. The SMILES string of the molecule is COc1ccc2c(c1)CCN(C1CCN(C(=O)CNC(=O)c3ccc4scnc4c3)CC1)C(=O)N2. The number of rotatable bonds is 5. The summed E-state index contributed by atoms with van der Waals surface area (Å²) in [5.41, 5.74) is 4.87. The summed E-state index contributed by atoms with van der Waals surface area (Å²) in [4.78, 5) is 46.0. The van der Waals surface area contributed by atoms with E-state index in [1.54, 1.807) is 29.7 Å². The molecule has 0 spiro atoms. The Kier molecular flexibility index (Phi) is 6.54. The summed E-state index contributed by atoms with van der Waals surface area (Å²) in [6.07, 6.45) is 2.14. The molecule has 0 saturated carbocycles. The molecule has 5 rings (SSSR count). The zero-order valence-electron chi connectivity index (χ0n) is 19.5. The lowest BCUT2D eigenvalue weighted by atomic mass is 10.0. The molecule has 0 radical (unpaired) electrons. The smallest absolute Gasteiger partial charge is 0.322 e. The number of piperidine rings is 1. The number of carbonyl (C=O) groups excluding carboxylic acids is 3. The molecule has 9 nitrogen and oxygen atoms in total. The summed E-state index contributed by atoms with van der Waals surface area (Å²) < 4.78 is 6.32. The maximum atomic E-state index is 12.9. The number of urea groups is 1. The van der Waals surface area contributed by atoms with E-state index in [2.05, 4.69) is 15.6 Å². The minimum atomic E-state index is -0.291. The standard InChI is InChI=1S/C25H27N5O4S/c1-34-19-3-4-20-16(12-19)6-11-30(25(33)28-20)18-7-9-29(10-8-18)23(31)14-26-24(32)17-2-5-22-21(13-17)27-15-35-22/h2-5,12-13,15,18H,6-11,14H2,1H3,(H,26,32)(H,28,33). The number of nitrogens with zero attached hydrogens (tertiary/aromatic N) is 3. The monoisotopic (exact) mass is 493 g/mol. The second-order valence-electron chi connectivity index (χ2n) is 8.73. The van der Waals surface area contributed by atoms with Crippen LogP contribution >= 0.6 is 11.3 Å². The first-order chi connectivity index (χ1) is 17.0. The molecule has 0 atom stereocenters. The Balaban J connectivity index is 1.12. The molecule has 1 fully saturated rings. The molecule has 2 aliphatic heterocycles. The topological polar surface area (TPSA) is 104 Å². The number of anilines is 1. The molecule has 0 unspecified atom stereocenters. The van der Waals surface area contributed by atoms with Gasteiger partial charge in [0.15, 0.2) is 0 Å². The third-order valence-corrected chi connectivity index (χ3v) is 7.50. The summed E-state index contributed by atoms with van der Waals surface area (Å²) in [7, 11) is 1.63. The van der Waals surface area contributed by atoms with Gasteiger partial charge in [0.25, 0.3) is 5.91 Å². The summed E-state index contributed by atoms with van der Waals surface area (Å²) in [5.74, 6) is 0.362. The molecule has 35 heavy (non-hydrogen) atoms. The van der Waals surface area contributed by atoms with Crippen LogP contribution in [0, 0.1) is 0 Å². The van der Waals surface area contributed by atoms with Crippen LogP contribution in [-0.2, 0) is 11.2 Å². The lowest BCUT2D eigenvalue weighted by Crippen LogP contribution is -2.51. The van der Waals surface area contributed by atoms with Crippen molar-refractivity contribution in [3.63, 3.8) is 0 Å². The summed E-state index contributed by atoms with van der Waals surface area (Å²) in [6, 6.07) is 11.0. The summed E-state index contributed by atoms with van der Waals surface area (Å²) in [6.45, 7) is 1.66. The molecule has 0 aliphatic carbocycles. The van der Waals surface area contributed by atoms with Crippen LogP contribution in [0.3, 0.4) is 0 Å². The van der Waals surface area contributed by atoms with Gasteiger partial charge in [-0.15, -0.1) is 11.3 Å². The third-order valence-electron chi connectivity index (χ3n) is 6.69. The highest BCUT2D eigenvalue weighted by Gasteiger charge is 2.31. The van der Waals surface area contributed by atoms with E-state index in [0.29, 0.717) is 38.0 Å². The van der Waals surface area contributed by atoms with E-state index in [9.17, 15) is 14.4 Å². The van der Waals surface area contributed by atoms with Crippen molar-refractivity contribution >= 4 is 45.1 Å². The van der Waals surface area contributed by atoms with E-state index in [1.165, 1.54) is 11.3 Å². The lowest BCUT2D eigenvalue weighted by Gasteiger charge is -2.38. The molecular formula is C25H27N5O4S. The Hall–Kier alpha value is -3.66. The fourth-order valence-electron chi connectivity index (χ4n) is 4.70. The van der Waals surface area contributed by atoms with Crippen molar-refractivity contribution < 1.29 is 19.1 Å². The molecule has 2 N–H and O–H groups in total. The van der Waals surface area contributed by atoms with Gasteiger partial charge in [0.2, 0.25) is 5.91 Å². The van der Waals surface area contributed by atoms with Crippen molar-refractivity contribution in [2.45, 2.75) is 25.3 Å². The van der Waals surface area contributed by atoms with Gasteiger partial charge in [-0.2, -0.15) is 0 Å². The largest absolute Gasteiger partial charge is 0.497 e. The quantitative estimate of drug-likeness (QED) is 0.569. The van der Waals surface area contributed by atoms with Crippen LogP contribution in [0.15, 0.2) is 41.9 Å². The van der Waals surface area contributed by atoms with Crippen molar-refractivity contribution in [3.05, 3.63) is 53.0 Å². The molecule has 2 aliphatic rings. The number of ether oxygens (including phenoxy) is 1. The number of fused-ring (bicyclic) bond motifs is 2. The van der Waals surface area contributed by atoms with Crippen LogP contribution in [-0.4, -0.2) is 72.0 Å². The third kappa shape index (κ3) is 4.93. The van der Waals surface area contributed by atoms with Crippen molar-refractivity contribution in [3.8, 4) is 5.75 Å². The minimum absolute atomic E-state index is 0.0556. The van der Waals surface area contributed by atoms with Crippen molar-refractivity contribution in [2.75, 3.05) is 38.6 Å². The van der Waals surface area contributed by atoms with Crippen LogP contribution in [0.25, 0.3) is 10.2 Å². The minimum Gasteiger partial charge on any atom is -0.497 e. The number of methoxy groups -OCH3 is 1. The number of hydrogen-bond donors (Lipinski definition) is 2. The first-order valence-electron chi connectivity index (χ1n) is 11.7. The second-order valence-corrected chi connectivity index (χ2v) is 9.61. The maximum Gasteiger partial charge on any atom is 0.322 e. The number of carbonyl (C=O) groups is 3. The van der Waals surface area contributed by atoms with Gasteiger partial charge in [0.05, 0.1) is 29.4 Å². The predicted octanol–water partition coefficient (Wildman–Crippen LogP) is 3.12. The van der Waals surface area contributed by atoms with Gasteiger partial charge in [0, 0.05) is 36.9 Å². The van der Waals surface area contributed by atoms with Gasteiger partial charge in [-0.3, -0.25) is 9.59 Å². The number of amides is 4. The Labute approximate surface area is 207 Å². The molecule has 4 amide bonds. The lowest BCUT2D eigenvalue weighted by molar-refractivity contribution is -0.131. The van der Waals surface area contributed by atoms with E-state index in [-0.39, 0.29) is 30.4 Å². The van der Waals surface area contributed by atoms with Crippen LogP contribution in [0.4, 0.5) is 10.5 Å². The molecule has 2 aromatic carbocycles. The number of aromatic nitrogens is 1. The molecule has 1 aromatic heterocycles. The molecule has 0 bridgehead atoms. The number of hydrogen-bond acceptors (Lipinski definition) is 6. The van der Waals surface area contributed by atoms with Crippen LogP contribution in [0.2, 0.25) is 0 Å². The van der Waals surface area contributed by atoms with Crippen LogP contribution < -0.4 is 15.4 Å². The number of benzene rings is 2. The molecule has 3 aromatic rings. The number of nitrogens with one attached hydrogen (secondary N) is 2. The van der Waals surface area contributed by atoms with Crippen LogP contribution in [0.1, 0.15) is 28.8 Å². The first-order valence-corrected chi connectivity index (χ1v) is 12.5. The van der Waals surface area contributed by atoms with Crippen molar-refractivity contribution in [1.82, 2.24) is 20.1 Å². The maximum absolute atomic E-state index is 12.9. The van der Waals surface area contributed by atoms with E-state index in [4.69, 9.17) is 4.74 Å². The Morgan fingerprint density at radius 1 is 1.17 bits per heavy atom. The average molecular weight is 494 g/mol. The zero-order chi connectivity index (χ0) is 24.4. The molecular weight excluding hydrogens is 466 g/mol. The van der Waals surface area contributed by atoms with Crippen molar-refractivity contribution in [1.29, 1.82) is 0 Å². The molecule has 1 saturated heterocycles. The van der Waals surface area contributed by atoms with Gasteiger partial charge in [-0.1, -0.05) is 0 Å². The Morgan fingerprint density at radius 2 is 2.00 bits per heavy atom. The zero-order valence-corrected chi connectivity index (χ0v) is 20.3. The van der Waals surface area contributed by atoms with Gasteiger partial charge >= 0.3 is 6.03 Å². The van der Waals surface area contributed by atoms with E-state index in [1.807, 2.05) is 29.2 Å². The van der Waals surface area contributed by atoms with Gasteiger partial charge in [0.1, 0.15) is 5.75 Å². The van der Waals surface area contributed by atoms with E-state index >= 15 is 0 Å². The molecule has 182 valence electrons. The number of thiazole rings is 1. The molecule has 3 heterocycles. The number of likely N-dealkylation sites (tertiary alicyclic amines) is 1. The van der Waals surface area contributed by atoms with Crippen LogP contribution in [0.5, 0.6) is 5.75 Å². The Morgan fingerprint density at radius 3 is 2.80 bits per heavy atom. The van der Waals surface area contributed by atoms with E-state index < -0.39 is 0 Å². The fourth-order valence-corrected chi connectivity index (χ4v) is 5.36. The summed E-state index contributed by atoms with van der Waals surface area (Å²) >= 11 is 1.52. The fraction of sp³-hybridized carbons (Fsp3) is 0.360.